The minimum atomic E-state index is -0.0388. The first-order chi connectivity index (χ1) is 15.0. The van der Waals surface area contributed by atoms with Crippen LogP contribution in [0.1, 0.15) is 0 Å². The molecule has 0 aliphatic heterocycles. The lowest BCUT2D eigenvalue weighted by Crippen LogP contribution is -2.07. The first kappa shape index (κ1) is 20.3. The summed E-state index contributed by atoms with van der Waals surface area (Å²) in [4.78, 5) is 10.4. The van der Waals surface area contributed by atoms with Gasteiger partial charge in [0.05, 0.1) is 25.6 Å². The Bertz CT molecular complexity index is 1160. The van der Waals surface area contributed by atoms with Gasteiger partial charge < -0.3 is 24.5 Å². The van der Waals surface area contributed by atoms with Crippen molar-refractivity contribution in [1.82, 2.24) is 9.97 Å². The van der Waals surface area contributed by atoms with Crippen molar-refractivity contribution in [2.45, 2.75) is 0 Å². The lowest BCUT2D eigenvalue weighted by atomic mass is 10.0. The molecule has 6 nitrogen and oxygen atoms in total. The standard InChI is InChI=1S/C25H25N3O3/c1-28(2)19-12-10-17(11-13-19)23-22(16-8-6-5-7-9-16)26-25(27-23)18-14-20(30-3)24(29)21(15-18)31-4/h5-15,29H,1-4H3,(H,26,27). The van der Waals surface area contributed by atoms with E-state index in [1.54, 1.807) is 12.1 Å². The van der Waals surface area contributed by atoms with Crippen LogP contribution in [0, 0.1) is 0 Å². The third-order valence-electron chi connectivity index (χ3n) is 5.18. The molecule has 0 aliphatic carbocycles. The van der Waals surface area contributed by atoms with Crippen molar-refractivity contribution in [3.63, 3.8) is 0 Å². The number of nitrogens with zero attached hydrogens (tertiary/aromatic N) is 2. The van der Waals surface area contributed by atoms with Crippen molar-refractivity contribution in [2.75, 3.05) is 33.2 Å². The van der Waals surface area contributed by atoms with Gasteiger partial charge in [-0.05, 0) is 24.3 Å². The van der Waals surface area contributed by atoms with E-state index in [-0.39, 0.29) is 5.75 Å². The molecular formula is C25H25N3O3. The quantitative estimate of drug-likeness (QED) is 0.453. The van der Waals surface area contributed by atoms with Crippen molar-refractivity contribution in [3.8, 4) is 51.2 Å². The summed E-state index contributed by atoms with van der Waals surface area (Å²) in [7, 11) is 7.05. The lowest BCUT2D eigenvalue weighted by molar-refractivity contribution is 0.340. The molecule has 0 radical (unpaired) electrons. The summed E-state index contributed by atoms with van der Waals surface area (Å²) in [5, 5.41) is 10.3. The summed E-state index contributed by atoms with van der Waals surface area (Å²) in [6, 6.07) is 21.9. The Morgan fingerprint density at radius 3 is 1.97 bits per heavy atom. The molecule has 4 rings (SSSR count). The molecule has 0 atom stereocenters. The molecule has 0 unspecified atom stereocenters. The van der Waals surface area contributed by atoms with Gasteiger partial charge in [-0.25, -0.2) is 4.98 Å². The van der Waals surface area contributed by atoms with E-state index in [0.717, 1.165) is 33.8 Å². The SMILES string of the molecule is COc1cc(-c2nc(-c3ccc(N(C)C)cc3)c(-c3ccccc3)[nH]2)cc(OC)c1O. The molecule has 0 fully saturated rings. The van der Waals surface area contributed by atoms with Crippen molar-refractivity contribution in [3.05, 3.63) is 66.7 Å². The number of ether oxygens (including phenoxy) is 2. The zero-order chi connectivity index (χ0) is 22.0. The van der Waals surface area contributed by atoms with Crippen LogP contribution in [-0.2, 0) is 0 Å². The van der Waals surface area contributed by atoms with Crippen LogP contribution in [0.2, 0.25) is 0 Å². The number of anilines is 1. The number of nitrogens with one attached hydrogen (secondary N) is 1. The van der Waals surface area contributed by atoms with Crippen LogP contribution in [0.4, 0.5) is 5.69 Å². The van der Waals surface area contributed by atoms with E-state index < -0.39 is 0 Å². The van der Waals surface area contributed by atoms with E-state index in [1.807, 2.05) is 44.4 Å². The third kappa shape index (κ3) is 3.92. The molecule has 2 N–H and O–H groups in total. The molecular weight excluding hydrogens is 390 g/mol. The fourth-order valence-electron chi connectivity index (χ4n) is 3.48. The fraction of sp³-hybridized carbons (Fsp3) is 0.160. The average molecular weight is 415 g/mol. The van der Waals surface area contributed by atoms with Gasteiger partial charge in [0.1, 0.15) is 5.82 Å². The van der Waals surface area contributed by atoms with Crippen molar-refractivity contribution >= 4 is 5.69 Å². The van der Waals surface area contributed by atoms with Crippen LogP contribution >= 0.6 is 0 Å². The zero-order valence-corrected chi connectivity index (χ0v) is 18.0. The number of hydrogen-bond donors (Lipinski definition) is 2. The number of H-pyrrole nitrogens is 1. The highest BCUT2D eigenvalue weighted by atomic mass is 16.5. The van der Waals surface area contributed by atoms with E-state index >= 15 is 0 Å². The number of rotatable bonds is 6. The third-order valence-corrected chi connectivity index (χ3v) is 5.18. The first-order valence-electron chi connectivity index (χ1n) is 9.90. The van der Waals surface area contributed by atoms with Gasteiger partial charge in [0.15, 0.2) is 11.5 Å². The number of benzene rings is 3. The van der Waals surface area contributed by atoms with Gasteiger partial charge >= 0.3 is 0 Å². The second kappa shape index (κ2) is 8.44. The predicted octanol–water partition coefficient (Wildman–Crippen LogP) is 5.20. The van der Waals surface area contributed by atoms with Gasteiger partial charge in [0, 0.05) is 36.5 Å². The molecule has 3 aromatic carbocycles. The second-order valence-corrected chi connectivity index (χ2v) is 7.35. The zero-order valence-electron chi connectivity index (χ0n) is 18.0. The van der Waals surface area contributed by atoms with Crippen molar-refractivity contribution in [2.24, 2.45) is 0 Å². The van der Waals surface area contributed by atoms with E-state index in [4.69, 9.17) is 14.5 Å². The van der Waals surface area contributed by atoms with Crippen molar-refractivity contribution < 1.29 is 14.6 Å². The minimum Gasteiger partial charge on any atom is -0.502 e. The Morgan fingerprint density at radius 1 is 0.806 bits per heavy atom. The maximum absolute atomic E-state index is 10.3. The molecule has 1 heterocycles. The molecule has 0 saturated carbocycles. The maximum Gasteiger partial charge on any atom is 0.200 e. The summed E-state index contributed by atoms with van der Waals surface area (Å²) in [6.07, 6.45) is 0. The number of hydrogen-bond acceptors (Lipinski definition) is 5. The Labute approximate surface area is 181 Å². The summed E-state index contributed by atoms with van der Waals surface area (Å²) in [6.45, 7) is 0. The Morgan fingerprint density at radius 2 is 1.42 bits per heavy atom. The molecule has 4 aromatic rings. The number of imidazole rings is 1. The highest BCUT2D eigenvalue weighted by molar-refractivity contribution is 5.82. The smallest absolute Gasteiger partial charge is 0.200 e. The topological polar surface area (TPSA) is 70.6 Å². The molecule has 0 aliphatic rings. The Balaban J connectivity index is 1.88. The van der Waals surface area contributed by atoms with Crippen LogP contribution < -0.4 is 14.4 Å². The van der Waals surface area contributed by atoms with Gasteiger partial charge in [0.2, 0.25) is 5.75 Å². The van der Waals surface area contributed by atoms with Gasteiger partial charge in [-0.2, -0.15) is 0 Å². The van der Waals surface area contributed by atoms with Crippen LogP contribution in [0.3, 0.4) is 0 Å². The number of aromatic nitrogens is 2. The molecule has 1 aromatic heterocycles. The Kier molecular flexibility index (Phi) is 5.54. The average Bonchev–Trinajstić information content (AvgIpc) is 3.25. The van der Waals surface area contributed by atoms with Crippen LogP contribution in [-0.4, -0.2) is 43.4 Å². The normalized spacial score (nSPS) is 10.7. The number of phenolic OH excluding ortho intramolecular Hbond substituents is 1. The molecule has 158 valence electrons. The summed E-state index contributed by atoms with van der Waals surface area (Å²) < 4.78 is 10.6. The number of methoxy groups -OCH3 is 2. The molecule has 6 heteroatoms. The van der Waals surface area contributed by atoms with Gasteiger partial charge in [-0.1, -0.05) is 42.5 Å². The van der Waals surface area contributed by atoms with Crippen molar-refractivity contribution in [1.29, 1.82) is 0 Å². The summed E-state index contributed by atoms with van der Waals surface area (Å²) >= 11 is 0. The van der Waals surface area contributed by atoms with E-state index in [2.05, 4.69) is 34.1 Å². The van der Waals surface area contributed by atoms with Crippen LogP contribution in [0.5, 0.6) is 17.2 Å². The fourth-order valence-corrected chi connectivity index (χ4v) is 3.48. The highest BCUT2D eigenvalue weighted by Gasteiger charge is 2.18. The largest absolute Gasteiger partial charge is 0.502 e. The van der Waals surface area contributed by atoms with Gasteiger partial charge in [-0.3, -0.25) is 0 Å². The molecule has 0 spiro atoms. The van der Waals surface area contributed by atoms with E-state index in [1.165, 1.54) is 14.2 Å². The van der Waals surface area contributed by atoms with Gasteiger partial charge in [-0.15, -0.1) is 0 Å². The van der Waals surface area contributed by atoms with E-state index in [9.17, 15) is 5.11 Å². The predicted molar refractivity (Wildman–Crippen MR) is 124 cm³/mol. The highest BCUT2D eigenvalue weighted by Crippen LogP contribution is 2.41. The Hall–Kier alpha value is -3.93. The molecule has 31 heavy (non-hydrogen) atoms. The number of phenols is 1. The van der Waals surface area contributed by atoms with Crippen LogP contribution in [0.15, 0.2) is 66.7 Å². The monoisotopic (exact) mass is 415 g/mol. The number of aromatic hydroxyl groups is 1. The minimum absolute atomic E-state index is 0.0388. The molecule has 0 bridgehead atoms. The lowest BCUT2D eigenvalue weighted by Gasteiger charge is -2.12. The van der Waals surface area contributed by atoms with Gasteiger partial charge in [0.25, 0.3) is 0 Å². The maximum atomic E-state index is 10.3. The van der Waals surface area contributed by atoms with E-state index in [0.29, 0.717) is 17.3 Å². The summed E-state index contributed by atoms with van der Waals surface area (Å²) in [5.41, 5.74) is 5.67. The number of aromatic amines is 1. The second-order valence-electron chi connectivity index (χ2n) is 7.35. The molecule has 0 amide bonds. The first-order valence-corrected chi connectivity index (χ1v) is 9.90. The summed E-state index contributed by atoms with van der Waals surface area (Å²) in [5.74, 6) is 1.26. The van der Waals surface area contributed by atoms with Crippen LogP contribution in [0.25, 0.3) is 33.9 Å². The molecule has 0 saturated heterocycles.